The Morgan fingerprint density at radius 1 is 1.25 bits per heavy atom. The lowest BCUT2D eigenvalue weighted by Crippen LogP contribution is -2.41. The van der Waals surface area contributed by atoms with Crippen LogP contribution in [-0.2, 0) is 11.3 Å². The van der Waals surface area contributed by atoms with E-state index < -0.39 is 4.92 Å². The number of nitrogens with zero attached hydrogens (tertiary/aromatic N) is 3. The summed E-state index contributed by atoms with van der Waals surface area (Å²) in [6.45, 7) is 11.2. The minimum absolute atomic E-state index is 0. The number of hydrogen-bond acceptors (Lipinski definition) is 5. The molecule has 0 unspecified atom stereocenters. The molecule has 0 aromatic heterocycles. The third kappa shape index (κ3) is 9.65. The van der Waals surface area contributed by atoms with Crippen molar-refractivity contribution in [2.24, 2.45) is 10.9 Å². The second-order valence-electron chi connectivity index (χ2n) is 7.10. The van der Waals surface area contributed by atoms with Gasteiger partial charge in [-0.2, -0.15) is 0 Å². The van der Waals surface area contributed by atoms with Gasteiger partial charge in [0.05, 0.1) is 24.7 Å². The van der Waals surface area contributed by atoms with E-state index in [2.05, 4.69) is 34.4 Å². The predicted molar refractivity (Wildman–Crippen MR) is 122 cm³/mol. The lowest BCUT2D eigenvalue weighted by Gasteiger charge is -2.26. The fourth-order valence-corrected chi connectivity index (χ4v) is 2.70. The number of rotatable bonds is 9. The molecule has 1 aliphatic rings. The van der Waals surface area contributed by atoms with Crippen LogP contribution in [0.25, 0.3) is 0 Å². The van der Waals surface area contributed by atoms with Gasteiger partial charge in [-0.05, 0) is 24.4 Å². The van der Waals surface area contributed by atoms with E-state index in [9.17, 15) is 10.1 Å². The maximum Gasteiger partial charge on any atom is 0.269 e. The molecule has 2 rings (SSSR count). The molecule has 28 heavy (non-hydrogen) atoms. The quantitative estimate of drug-likeness (QED) is 0.134. The van der Waals surface area contributed by atoms with E-state index in [1.54, 1.807) is 12.1 Å². The minimum atomic E-state index is -0.390. The van der Waals surface area contributed by atoms with Crippen LogP contribution in [0.15, 0.2) is 29.3 Å². The molecular formula is C19H32IN5O3. The Balaban J connectivity index is 0.00000392. The smallest absolute Gasteiger partial charge is 0.269 e. The van der Waals surface area contributed by atoms with Crippen LogP contribution >= 0.6 is 24.0 Å². The van der Waals surface area contributed by atoms with Gasteiger partial charge in [-0.25, -0.2) is 4.99 Å². The van der Waals surface area contributed by atoms with Crippen molar-refractivity contribution in [2.45, 2.75) is 26.8 Å². The van der Waals surface area contributed by atoms with E-state index in [0.29, 0.717) is 12.5 Å². The molecule has 2 N–H and O–H groups in total. The third-order valence-electron chi connectivity index (χ3n) is 4.29. The van der Waals surface area contributed by atoms with Crippen molar-refractivity contribution in [3.8, 4) is 0 Å². The molecule has 158 valence electrons. The maximum absolute atomic E-state index is 10.7. The summed E-state index contributed by atoms with van der Waals surface area (Å²) in [6, 6.07) is 6.53. The number of nitro groups is 1. The summed E-state index contributed by atoms with van der Waals surface area (Å²) in [6.07, 6.45) is 1.04. The number of nitro benzene ring substituents is 1. The summed E-state index contributed by atoms with van der Waals surface area (Å²) in [5.41, 5.74) is 1.04. The SMILES string of the molecule is CC(C)CNC(=NCc1ccc([N+](=O)[O-])cc1)NCCCN1CCOCC1.I. The van der Waals surface area contributed by atoms with Gasteiger partial charge in [-0.1, -0.05) is 26.0 Å². The van der Waals surface area contributed by atoms with Crippen molar-refractivity contribution in [1.82, 2.24) is 15.5 Å². The first-order valence-electron chi connectivity index (χ1n) is 9.60. The van der Waals surface area contributed by atoms with E-state index in [-0.39, 0.29) is 29.7 Å². The molecule has 1 aromatic carbocycles. The molecule has 1 aromatic rings. The van der Waals surface area contributed by atoms with Crippen LogP contribution in [0.2, 0.25) is 0 Å². The summed E-state index contributed by atoms with van der Waals surface area (Å²) in [4.78, 5) is 17.4. The van der Waals surface area contributed by atoms with Crippen LogP contribution in [-0.4, -0.2) is 61.7 Å². The number of halogens is 1. The normalized spacial score (nSPS) is 15.2. The van der Waals surface area contributed by atoms with E-state index >= 15 is 0 Å². The topological polar surface area (TPSA) is 92.0 Å². The molecule has 1 saturated heterocycles. The number of non-ortho nitro benzene ring substituents is 1. The third-order valence-corrected chi connectivity index (χ3v) is 4.29. The molecular weight excluding hydrogens is 473 g/mol. The Morgan fingerprint density at radius 2 is 1.93 bits per heavy atom. The average molecular weight is 505 g/mol. The number of morpholine rings is 1. The van der Waals surface area contributed by atoms with Gasteiger partial charge >= 0.3 is 0 Å². The molecule has 1 fully saturated rings. The van der Waals surface area contributed by atoms with Crippen molar-refractivity contribution in [3.05, 3.63) is 39.9 Å². The average Bonchev–Trinajstić information content (AvgIpc) is 2.67. The van der Waals surface area contributed by atoms with Crippen molar-refractivity contribution in [1.29, 1.82) is 0 Å². The number of hydrogen-bond donors (Lipinski definition) is 2. The summed E-state index contributed by atoms with van der Waals surface area (Å²) < 4.78 is 5.37. The van der Waals surface area contributed by atoms with Crippen LogP contribution in [0, 0.1) is 16.0 Å². The van der Waals surface area contributed by atoms with Gasteiger partial charge in [0.25, 0.3) is 5.69 Å². The molecule has 0 spiro atoms. The van der Waals surface area contributed by atoms with Crippen LogP contribution in [0.4, 0.5) is 5.69 Å². The maximum atomic E-state index is 10.7. The number of aliphatic imine (C=N–C) groups is 1. The fraction of sp³-hybridized carbons (Fsp3) is 0.632. The second kappa shape index (κ2) is 13.7. The van der Waals surface area contributed by atoms with Gasteiger partial charge in [-0.3, -0.25) is 15.0 Å². The summed E-state index contributed by atoms with van der Waals surface area (Å²) in [5.74, 6) is 1.30. The highest BCUT2D eigenvalue weighted by Crippen LogP contribution is 2.12. The molecule has 0 amide bonds. The molecule has 1 aliphatic heterocycles. The Labute approximate surface area is 184 Å². The number of benzene rings is 1. The lowest BCUT2D eigenvalue weighted by atomic mass is 10.2. The summed E-state index contributed by atoms with van der Waals surface area (Å²) in [5, 5.41) is 17.5. The Morgan fingerprint density at radius 3 is 2.54 bits per heavy atom. The first-order chi connectivity index (χ1) is 13.0. The molecule has 0 saturated carbocycles. The molecule has 1 heterocycles. The minimum Gasteiger partial charge on any atom is -0.379 e. The molecule has 0 atom stereocenters. The Hall–Kier alpha value is -1.46. The number of guanidine groups is 1. The zero-order valence-corrected chi connectivity index (χ0v) is 19.1. The molecule has 8 nitrogen and oxygen atoms in total. The van der Waals surface area contributed by atoms with Gasteiger partial charge in [0.1, 0.15) is 0 Å². The van der Waals surface area contributed by atoms with Crippen LogP contribution < -0.4 is 10.6 Å². The van der Waals surface area contributed by atoms with Crippen LogP contribution in [0.3, 0.4) is 0 Å². The zero-order chi connectivity index (χ0) is 19.5. The predicted octanol–water partition coefficient (Wildman–Crippen LogP) is 2.63. The van der Waals surface area contributed by atoms with Crippen molar-refractivity contribution in [3.63, 3.8) is 0 Å². The number of ether oxygens (including phenoxy) is 1. The highest BCUT2D eigenvalue weighted by atomic mass is 127. The van der Waals surface area contributed by atoms with Gasteiger partial charge in [0.15, 0.2) is 5.96 Å². The van der Waals surface area contributed by atoms with Gasteiger partial charge in [0, 0.05) is 38.3 Å². The van der Waals surface area contributed by atoms with Crippen molar-refractivity contribution in [2.75, 3.05) is 45.9 Å². The fourth-order valence-electron chi connectivity index (χ4n) is 2.70. The molecule has 0 aliphatic carbocycles. The van der Waals surface area contributed by atoms with E-state index in [4.69, 9.17) is 4.74 Å². The van der Waals surface area contributed by atoms with E-state index in [1.165, 1.54) is 12.1 Å². The zero-order valence-electron chi connectivity index (χ0n) is 16.7. The first kappa shape index (κ1) is 24.6. The molecule has 0 radical (unpaired) electrons. The highest BCUT2D eigenvalue weighted by molar-refractivity contribution is 14.0. The van der Waals surface area contributed by atoms with E-state index in [1.807, 2.05) is 0 Å². The van der Waals surface area contributed by atoms with Crippen LogP contribution in [0.1, 0.15) is 25.8 Å². The molecule has 0 bridgehead atoms. The van der Waals surface area contributed by atoms with Crippen molar-refractivity contribution < 1.29 is 9.66 Å². The first-order valence-corrected chi connectivity index (χ1v) is 9.60. The standard InChI is InChI=1S/C19H31N5O3.HI/c1-16(2)14-21-19(20-8-3-9-23-10-12-27-13-11-23)22-15-17-4-6-18(7-5-17)24(25)26;/h4-7,16H,3,8-15H2,1-2H3,(H2,20,21,22);1H. The van der Waals surface area contributed by atoms with Crippen LogP contribution in [0.5, 0.6) is 0 Å². The molecule has 9 heteroatoms. The summed E-state index contributed by atoms with van der Waals surface area (Å²) >= 11 is 0. The largest absolute Gasteiger partial charge is 0.379 e. The number of nitrogens with one attached hydrogen (secondary N) is 2. The van der Waals surface area contributed by atoms with Gasteiger partial charge < -0.3 is 15.4 Å². The monoisotopic (exact) mass is 505 g/mol. The lowest BCUT2D eigenvalue weighted by molar-refractivity contribution is -0.384. The summed E-state index contributed by atoms with van der Waals surface area (Å²) in [7, 11) is 0. The Bertz CT molecular complexity index is 604. The van der Waals surface area contributed by atoms with Gasteiger partial charge in [0.2, 0.25) is 0 Å². The van der Waals surface area contributed by atoms with Crippen molar-refractivity contribution >= 4 is 35.6 Å². The second-order valence-corrected chi connectivity index (χ2v) is 7.10. The van der Waals surface area contributed by atoms with Gasteiger partial charge in [-0.15, -0.1) is 24.0 Å². The van der Waals surface area contributed by atoms with E-state index in [0.717, 1.165) is 63.9 Å². The highest BCUT2D eigenvalue weighted by Gasteiger charge is 2.09. The Kier molecular flexibility index (Phi) is 12.0.